The number of carbonyl (C=O) groups excluding carboxylic acids is 1. The number of nitro groups is 1. The first-order valence-corrected chi connectivity index (χ1v) is 8.35. The van der Waals surface area contributed by atoms with E-state index in [1.807, 2.05) is 30.3 Å². The maximum Gasteiger partial charge on any atom is 0.270 e. The zero-order chi connectivity index (χ0) is 16.2. The molecule has 1 atom stereocenters. The summed E-state index contributed by atoms with van der Waals surface area (Å²) in [7, 11) is 0. The molecule has 0 saturated heterocycles. The maximum absolute atomic E-state index is 12.1. The second-order valence-electron chi connectivity index (χ2n) is 5.81. The SMILES string of the molecule is CCCCCCCCC(C(=O)CCc1ccccc1)[N+](=O)[O-]. The second-order valence-corrected chi connectivity index (χ2v) is 5.81. The summed E-state index contributed by atoms with van der Waals surface area (Å²) < 4.78 is 0. The number of unbranched alkanes of at least 4 members (excludes halogenated alkanes) is 5. The Balaban J connectivity index is 2.32. The lowest BCUT2D eigenvalue weighted by molar-refractivity contribution is -0.508. The van der Waals surface area contributed by atoms with Crippen LogP contribution < -0.4 is 0 Å². The van der Waals surface area contributed by atoms with Gasteiger partial charge in [0.05, 0.1) is 0 Å². The highest BCUT2D eigenvalue weighted by Gasteiger charge is 2.28. The van der Waals surface area contributed by atoms with E-state index in [1.54, 1.807) is 0 Å². The minimum Gasteiger partial charge on any atom is -0.292 e. The highest BCUT2D eigenvalue weighted by molar-refractivity contribution is 5.82. The fourth-order valence-corrected chi connectivity index (χ4v) is 2.58. The molecule has 22 heavy (non-hydrogen) atoms. The Kier molecular flexibility index (Phi) is 9.12. The summed E-state index contributed by atoms with van der Waals surface area (Å²) in [4.78, 5) is 22.8. The number of carbonyl (C=O) groups is 1. The standard InChI is InChI=1S/C18H27NO3/c1-2-3-4-5-6-10-13-17(19(21)22)18(20)15-14-16-11-8-7-9-12-16/h7-9,11-12,17H,2-6,10,13-15H2,1H3. The van der Waals surface area contributed by atoms with E-state index in [4.69, 9.17) is 0 Å². The first-order valence-electron chi connectivity index (χ1n) is 8.35. The smallest absolute Gasteiger partial charge is 0.270 e. The van der Waals surface area contributed by atoms with Crippen LogP contribution in [0, 0.1) is 10.1 Å². The molecule has 0 aliphatic carbocycles. The van der Waals surface area contributed by atoms with E-state index in [9.17, 15) is 14.9 Å². The van der Waals surface area contributed by atoms with Crippen molar-refractivity contribution < 1.29 is 9.72 Å². The predicted octanol–water partition coefficient (Wildman–Crippen LogP) is 4.58. The monoisotopic (exact) mass is 305 g/mol. The molecule has 0 aliphatic heterocycles. The van der Waals surface area contributed by atoms with Crippen molar-refractivity contribution in [2.45, 2.75) is 70.8 Å². The summed E-state index contributed by atoms with van der Waals surface area (Å²) in [5.74, 6) is -0.234. The predicted molar refractivity (Wildman–Crippen MR) is 88.5 cm³/mol. The molecule has 0 amide bonds. The number of hydrogen-bond donors (Lipinski definition) is 0. The van der Waals surface area contributed by atoms with E-state index in [0.717, 1.165) is 24.8 Å². The van der Waals surface area contributed by atoms with Gasteiger partial charge in [-0.25, -0.2) is 0 Å². The van der Waals surface area contributed by atoms with Crippen molar-refractivity contribution >= 4 is 5.78 Å². The first kappa shape index (κ1) is 18.3. The molecule has 0 radical (unpaired) electrons. The normalized spacial score (nSPS) is 12.0. The molecule has 0 fully saturated rings. The fraction of sp³-hybridized carbons (Fsp3) is 0.611. The number of Topliss-reactive ketones (excluding diaryl/α,β-unsaturated/α-hetero) is 1. The molecule has 122 valence electrons. The maximum atomic E-state index is 12.1. The molecule has 0 aromatic heterocycles. The number of nitrogens with zero attached hydrogens (tertiary/aromatic N) is 1. The van der Waals surface area contributed by atoms with Crippen molar-refractivity contribution in [3.8, 4) is 0 Å². The quantitative estimate of drug-likeness (QED) is 0.322. The van der Waals surface area contributed by atoms with Gasteiger partial charge in [0.15, 0.2) is 0 Å². The van der Waals surface area contributed by atoms with Gasteiger partial charge < -0.3 is 0 Å². The van der Waals surface area contributed by atoms with Gasteiger partial charge in [-0.1, -0.05) is 69.4 Å². The molecule has 0 spiro atoms. The Hall–Kier alpha value is -1.71. The lowest BCUT2D eigenvalue weighted by Crippen LogP contribution is -2.29. The van der Waals surface area contributed by atoms with Crippen molar-refractivity contribution in [1.82, 2.24) is 0 Å². The van der Waals surface area contributed by atoms with Crippen LogP contribution in [0.25, 0.3) is 0 Å². The highest BCUT2D eigenvalue weighted by Crippen LogP contribution is 2.13. The Labute approximate surface area is 133 Å². The summed E-state index contributed by atoms with van der Waals surface area (Å²) in [5, 5.41) is 11.1. The van der Waals surface area contributed by atoms with Crippen LogP contribution in [0.4, 0.5) is 0 Å². The molecule has 0 N–H and O–H groups in total. The zero-order valence-electron chi connectivity index (χ0n) is 13.5. The van der Waals surface area contributed by atoms with Gasteiger partial charge >= 0.3 is 0 Å². The lowest BCUT2D eigenvalue weighted by Gasteiger charge is -2.08. The van der Waals surface area contributed by atoms with Crippen LogP contribution in [0.3, 0.4) is 0 Å². The summed E-state index contributed by atoms with van der Waals surface area (Å²) >= 11 is 0. The number of benzene rings is 1. The van der Waals surface area contributed by atoms with E-state index in [2.05, 4.69) is 6.92 Å². The van der Waals surface area contributed by atoms with Crippen LogP contribution in [-0.4, -0.2) is 16.7 Å². The average Bonchev–Trinajstić information content (AvgIpc) is 2.52. The fourth-order valence-electron chi connectivity index (χ4n) is 2.58. The molecule has 1 aromatic rings. The molecule has 0 heterocycles. The molecule has 0 saturated carbocycles. The van der Waals surface area contributed by atoms with Crippen molar-refractivity contribution in [3.05, 3.63) is 46.0 Å². The summed E-state index contributed by atoms with van der Waals surface area (Å²) in [6.07, 6.45) is 7.67. The van der Waals surface area contributed by atoms with Crippen LogP contribution in [0.15, 0.2) is 30.3 Å². The molecular formula is C18H27NO3. The van der Waals surface area contributed by atoms with Crippen LogP contribution in [0.5, 0.6) is 0 Å². The van der Waals surface area contributed by atoms with Crippen molar-refractivity contribution in [2.75, 3.05) is 0 Å². The summed E-state index contributed by atoms with van der Waals surface area (Å²) in [5.41, 5.74) is 1.05. The Morgan fingerprint density at radius 1 is 1.09 bits per heavy atom. The van der Waals surface area contributed by atoms with Crippen LogP contribution in [0.2, 0.25) is 0 Å². The van der Waals surface area contributed by atoms with Gasteiger partial charge in [0.1, 0.15) is 0 Å². The second kappa shape index (κ2) is 10.9. The number of hydrogen-bond acceptors (Lipinski definition) is 3. The lowest BCUT2D eigenvalue weighted by atomic mass is 9.99. The number of aryl methyl sites for hydroxylation is 1. The first-order chi connectivity index (χ1) is 10.6. The van der Waals surface area contributed by atoms with E-state index in [-0.39, 0.29) is 12.2 Å². The summed E-state index contributed by atoms with van der Waals surface area (Å²) in [6, 6.07) is 8.63. The zero-order valence-corrected chi connectivity index (χ0v) is 13.5. The average molecular weight is 305 g/mol. The molecular weight excluding hydrogens is 278 g/mol. The Morgan fingerprint density at radius 3 is 2.36 bits per heavy atom. The van der Waals surface area contributed by atoms with Gasteiger partial charge in [-0.2, -0.15) is 0 Å². The van der Waals surface area contributed by atoms with Gasteiger partial charge in [0, 0.05) is 17.8 Å². The van der Waals surface area contributed by atoms with Gasteiger partial charge in [-0.15, -0.1) is 0 Å². The van der Waals surface area contributed by atoms with Crippen LogP contribution in [0.1, 0.15) is 63.9 Å². The minimum atomic E-state index is -1.02. The molecule has 4 heteroatoms. The van der Waals surface area contributed by atoms with E-state index in [1.165, 1.54) is 19.3 Å². The third-order valence-electron chi connectivity index (χ3n) is 3.96. The Bertz CT molecular complexity index is 445. The minimum absolute atomic E-state index is 0.234. The molecule has 1 aromatic carbocycles. The summed E-state index contributed by atoms with van der Waals surface area (Å²) in [6.45, 7) is 2.16. The molecule has 0 bridgehead atoms. The van der Waals surface area contributed by atoms with Crippen molar-refractivity contribution in [3.63, 3.8) is 0 Å². The van der Waals surface area contributed by atoms with E-state index >= 15 is 0 Å². The third-order valence-corrected chi connectivity index (χ3v) is 3.96. The molecule has 1 unspecified atom stereocenters. The largest absolute Gasteiger partial charge is 0.292 e. The topological polar surface area (TPSA) is 60.2 Å². The van der Waals surface area contributed by atoms with Crippen LogP contribution >= 0.6 is 0 Å². The van der Waals surface area contributed by atoms with Crippen molar-refractivity contribution in [1.29, 1.82) is 0 Å². The van der Waals surface area contributed by atoms with E-state index in [0.29, 0.717) is 12.8 Å². The third kappa shape index (κ3) is 7.34. The number of rotatable bonds is 12. The van der Waals surface area contributed by atoms with Gasteiger partial charge in [0.2, 0.25) is 5.78 Å². The van der Waals surface area contributed by atoms with Gasteiger partial charge in [-0.3, -0.25) is 14.9 Å². The van der Waals surface area contributed by atoms with Crippen LogP contribution in [-0.2, 0) is 11.2 Å². The molecule has 4 nitrogen and oxygen atoms in total. The van der Waals surface area contributed by atoms with Gasteiger partial charge in [-0.05, 0) is 18.4 Å². The Morgan fingerprint density at radius 2 is 1.73 bits per heavy atom. The van der Waals surface area contributed by atoms with Crippen molar-refractivity contribution in [2.24, 2.45) is 0 Å². The molecule has 0 aliphatic rings. The van der Waals surface area contributed by atoms with Gasteiger partial charge in [0.25, 0.3) is 6.04 Å². The molecule has 1 rings (SSSR count). The highest BCUT2D eigenvalue weighted by atomic mass is 16.6. The van der Waals surface area contributed by atoms with E-state index < -0.39 is 11.0 Å². The number of ketones is 1.